The van der Waals surface area contributed by atoms with Crippen LogP contribution in [0, 0.1) is 0 Å². The van der Waals surface area contributed by atoms with Crippen LogP contribution in [0.3, 0.4) is 0 Å². The third-order valence-electron chi connectivity index (χ3n) is 3.11. The van der Waals surface area contributed by atoms with Crippen molar-refractivity contribution in [1.29, 1.82) is 0 Å². The molecule has 1 N–H and O–H groups in total. The Balaban J connectivity index is 2.01. The molecule has 0 amide bonds. The van der Waals surface area contributed by atoms with Crippen molar-refractivity contribution >= 4 is 5.69 Å². The first-order chi connectivity index (χ1) is 6.45. The van der Waals surface area contributed by atoms with Gasteiger partial charge in [-0.3, -0.25) is 0 Å². The van der Waals surface area contributed by atoms with E-state index in [1.165, 1.54) is 24.2 Å². The van der Waals surface area contributed by atoms with Gasteiger partial charge in [-0.05, 0) is 18.1 Å². The molecule has 0 saturated carbocycles. The quantitative estimate of drug-likeness (QED) is 0.631. The van der Waals surface area contributed by atoms with Gasteiger partial charge in [0.1, 0.15) is 0 Å². The Morgan fingerprint density at radius 2 is 2.23 bits per heavy atom. The Bertz CT molecular complexity index is 322. The third-order valence-corrected chi connectivity index (χ3v) is 3.11. The molecule has 13 heavy (non-hydrogen) atoms. The van der Waals surface area contributed by atoms with Gasteiger partial charge >= 0.3 is 0 Å². The zero-order valence-electron chi connectivity index (χ0n) is 7.66. The lowest BCUT2D eigenvalue weighted by Crippen LogP contribution is -2.49. The molecular formula is C11H14N2. The maximum Gasteiger partial charge on any atom is 0.0456 e. The standard InChI is InChI=1S/C11H14N2/c1-2-4-11-9(3-1)7-10-8-12-5-6-13(10)11/h1-4,10,12H,5-8H2. The first kappa shape index (κ1) is 7.39. The molecule has 1 saturated heterocycles. The first-order valence-electron chi connectivity index (χ1n) is 5.00. The number of anilines is 1. The summed E-state index contributed by atoms with van der Waals surface area (Å²) in [4.78, 5) is 2.55. The smallest absolute Gasteiger partial charge is 0.0456 e. The maximum absolute atomic E-state index is 3.45. The summed E-state index contributed by atoms with van der Waals surface area (Å²) in [6, 6.07) is 9.51. The van der Waals surface area contributed by atoms with Gasteiger partial charge in [0.05, 0.1) is 0 Å². The average Bonchev–Trinajstić information content (AvgIpc) is 2.56. The summed E-state index contributed by atoms with van der Waals surface area (Å²) >= 11 is 0. The molecule has 2 heteroatoms. The highest BCUT2D eigenvalue weighted by Crippen LogP contribution is 2.32. The van der Waals surface area contributed by atoms with E-state index in [0.29, 0.717) is 6.04 Å². The number of nitrogens with zero attached hydrogens (tertiary/aromatic N) is 1. The lowest BCUT2D eigenvalue weighted by molar-refractivity contribution is 0.495. The highest BCUT2D eigenvalue weighted by Gasteiger charge is 2.30. The predicted molar refractivity (Wildman–Crippen MR) is 54.1 cm³/mol. The summed E-state index contributed by atoms with van der Waals surface area (Å²) in [6.07, 6.45) is 1.23. The number of nitrogens with one attached hydrogen (secondary N) is 1. The average molecular weight is 174 g/mol. The molecule has 1 atom stereocenters. The molecule has 0 aromatic heterocycles. The van der Waals surface area contributed by atoms with Crippen LogP contribution in [0.15, 0.2) is 24.3 Å². The second-order valence-corrected chi connectivity index (χ2v) is 3.88. The molecule has 0 spiro atoms. The molecule has 1 aromatic carbocycles. The number of hydrogen-bond donors (Lipinski definition) is 1. The molecule has 0 bridgehead atoms. The Morgan fingerprint density at radius 3 is 3.23 bits per heavy atom. The van der Waals surface area contributed by atoms with Crippen molar-refractivity contribution in [2.24, 2.45) is 0 Å². The van der Waals surface area contributed by atoms with Crippen molar-refractivity contribution in [3.05, 3.63) is 29.8 Å². The Labute approximate surface area is 78.6 Å². The molecule has 2 nitrogen and oxygen atoms in total. The van der Waals surface area contributed by atoms with Crippen LogP contribution in [0.2, 0.25) is 0 Å². The fraction of sp³-hybridized carbons (Fsp3) is 0.455. The van der Waals surface area contributed by atoms with E-state index in [9.17, 15) is 0 Å². The van der Waals surface area contributed by atoms with Crippen molar-refractivity contribution in [3.8, 4) is 0 Å². The Kier molecular flexibility index (Phi) is 1.56. The van der Waals surface area contributed by atoms with E-state index in [0.717, 1.165) is 13.1 Å². The van der Waals surface area contributed by atoms with E-state index < -0.39 is 0 Å². The Hall–Kier alpha value is -1.02. The summed E-state index contributed by atoms with van der Waals surface area (Å²) in [5.74, 6) is 0. The number of benzene rings is 1. The highest BCUT2D eigenvalue weighted by molar-refractivity contribution is 5.59. The van der Waals surface area contributed by atoms with Crippen molar-refractivity contribution in [2.75, 3.05) is 24.5 Å². The number of para-hydroxylation sites is 1. The second kappa shape index (κ2) is 2.74. The molecule has 2 aliphatic heterocycles. The molecule has 0 aliphatic carbocycles. The van der Waals surface area contributed by atoms with Gasteiger partial charge in [0.15, 0.2) is 0 Å². The number of rotatable bonds is 0. The van der Waals surface area contributed by atoms with Crippen LogP contribution in [-0.4, -0.2) is 25.7 Å². The molecule has 3 rings (SSSR count). The monoisotopic (exact) mass is 174 g/mol. The minimum Gasteiger partial charge on any atom is -0.365 e. The van der Waals surface area contributed by atoms with Crippen LogP contribution in [0.25, 0.3) is 0 Å². The maximum atomic E-state index is 3.45. The second-order valence-electron chi connectivity index (χ2n) is 3.88. The van der Waals surface area contributed by atoms with E-state index in [1.54, 1.807) is 0 Å². The topological polar surface area (TPSA) is 15.3 Å². The Morgan fingerprint density at radius 1 is 1.31 bits per heavy atom. The molecule has 1 unspecified atom stereocenters. The summed E-state index contributed by atoms with van der Waals surface area (Å²) in [5.41, 5.74) is 2.99. The highest BCUT2D eigenvalue weighted by atomic mass is 15.2. The largest absolute Gasteiger partial charge is 0.365 e. The van der Waals surface area contributed by atoms with Crippen molar-refractivity contribution in [1.82, 2.24) is 5.32 Å². The van der Waals surface area contributed by atoms with Gasteiger partial charge in [0.2, 0.25) is 0 Å². The van der Waals surface area contributed by atoms with E-state index in [4.69, 9.17) is 0 Å². The molecule has 1 aromatic rings. The molecule has 68 valence electrons. The lowest BCUT2D eigenvalue weighted by Gasteiger charge is -2.32. The predicted octanol–water partition coefficient (Wildman–Crippen LogP) is 1.02. The minimum absolute atomic E-state index is 0.714. The zero-order valence-corrected chi connectivity index (χ0v) is 7.66. The molecule has 2 aliphatic rings. The minimum atomic E-state index is 0.714. The first-order valence-corrected chi connectivity index (χ1v) is 5.00. The summed E-state index contributed by atoms with van der Waals surface area (Å²) < 4.78 is 0. The number of piperazine rings is 1. The van der Waals surface area contributed by atoms with E-state index in [1.807, 2.05) is 0 Å². The third kappa shape index (κ3) is 1.05. The van der Waals surface area contributed by atoms with E-state index >= 15 is 0 Å². The summed E-state index contributed by atoms with van der Waals surface area (Å²) in [6.45, 7) is 3.45. The normalized spacial score (nSPS) is 25.5. The van der Waals surface area contributed by atoms with E-state index in [2.05, 4.69) is 34.5 Å². The van der Waals surface area contributed by atoms with Crippen LogP contribution in [-0.2, 0) is 6.42 Å². The lowest BCUT2D eigenvalue weighted by atomic mass is 10.1. The van der Waals surface area contributed by atoms with Crippen LogP contribution in [0.5, 0.6) is 0 Å². The van der Waals surface area contributed by atoms with Crippen molar-refractivity contribution in [3.63, 3.8) is 0 Å². The van der Waals surface area contributed by atoms with Crippen LogP contribution < -0.4 is 10.2 Å². The number of fused-ring (bicyclic) bond motifs is 3. The van der Waals surface area contributed by atoms with Gasteiger partial charge < -0.3 is 10.2 Å². The van der Waals surface area contributed by atoms with Crippen molar-refractivity contribution < 1.29 is 0 Å². The van der Waals surface area contributed by atoms with Crippen molar-refractivity contribution in [2.45, 2.75) is 12.5 Å². The molecule has 2 heterocycles. The van der Waals surface area contributed by atoms with Crippen LogP contribution in [0.4, 0.5) is 5.69 Å². The van der Waals surface area contributed by atoms with E-state index in [-0.39, 0.29) is 0 Å². The van der Waals surface area contributed by atoms with Crippen LogP contribution >= 0.6 is 0 Å². The van der Waals surface area contributed by atoms with Crippen LogP contribution in [0.1, 0.15) is 5.56 Å². The van der Waals surface area contributed by atoms with Gasteiger partial charge in [-0.25, -0.2) is 0 Å². The van der Waals surface area contributed by atoms with Gasteiger partial charge in [-0.2, -0.15) is 0 Å². The molecular weight excluding hydrogens is 160 g/mol. The van der Waals surface area contributed by atoms with Gasteiger partial charge in [-0.15, -0.1) is 0 Å². The molecule has 0 radical (unpaired) electrons. The fourth-order valence-electron chi connectivity index (χ4n) is 2.48. The van der Waals surface area contributed by atoms with Gasteiger partial charge in [0, 0.05) is 31.4 Å². The summed E-state index contributed by atoms with van der Waals surface area (Å²) in [5, 5.41) is 3.45. The van der Waals surface area contributed by atoms with Gasteiger partial charge in [0.25, 0.3) is 0 Å². The molecule has 1 fully saturated rings. The summed E-state index contributed by atoms with van der Waals surface area (Å²) in [7, 11) is 0. The number of hydrogen-bond acceptors (Lipinski definition) is 2. The SMILES string of the molecule is c1ccc2c(c1)CC1CNCCN21. The van der Waals surface area contributed by atoms with Gasteiger partial charge in [-0.1, -0.05) is 18.2 Å². The zero-order chi connectivity index (χ0) is 8.67. The fourth-order valence-corrected chi connectivity index (χ4v) is 2.48.